The van der Waals surface area contributed by atoms with Crippen molar-refractivity contribution in [3.05, 3.63) is 24.3 Å². The molecule has 0 heterocycles. The molecule has 0 saturated carbocycles. The lowest BCUT2D eigenvalue weighted by atomic mass is 9.99. The topological polar surface area (TPSA) is 47.6 Å². The molecule has 0 bridgehead atoms. The molecule has 17 heavy (non-hydrogen) atoms. The fourth-order valence-corrected chi connectivity index (χ4v) is 1.17. The largest absolute Gasteiger partial charge is 0.493 e. The van der Waals surface area contributed by atoms with Crippen LogP contribution in [0.3, 0.4) is 0 Å². The van der Waals surface area contributed by atoms with Crippen molar-refractivity contribution >= 4 is 23.1 Å². The molecule has 94 valence electrons. The second-order valence-corrected chi connectivity index (χ2v) is 5.35. The van der Waals surface area contributed by atoms with E-state index in [9.17, 15) is 0 Å². The Bertz CT molecular complexity index is 379. The number of amidine groups is 1. The van der Waals surface area contributed by atoms with E-state index >= 15 is 0 Å². The molecule has 1 rings (SSSR count). The van der Waals surface area contributed by atoms with E-state index < -0.39 is 0 Å². The number of alkyl halides is 1. The number of nitrogens with zero attached hydrogens (tertiary/aromatic N) is 1. The molecule has 0 aromatic heterocycles. The molecule has 0 aliphatic heterocycles. The van der Waals surface area contributed by atoms with Gasteiger partial charge in [-0.15, -0.1) is 11.6 Å². The highest BCUT2D eigenvalue weighted by Crippen LogP contribution is 2.21. The maximum atomic E-state index is 5.65. The van der Waals surface area contributed by atoms with Gasteiger partial charge in [-0.1, -0.05) is 20.8 Å². The van der Waals surface area contributed by atoms with E-state index in [0.717, 1.165) is 11.4 Å². The van der Waals surface area contributed by atoms with Crippen LogP contribution in [0.2, 0.25) is 0 Å². The SMILES string of the molecule is CC(C)(C)COc1ccc(N=C(N)CCl)cc1. The van der Waals surface area contributed by atoms with Gasteiger partial charge in [0.25, 0.3) is 0 Å². The lowest BCUT2D eigenvalue weighted by molar-refractivity contribution is 0.198. The smallest absolute Gasteiger partial charge is 0.119 e. The van der Waals surface area contributed by atoms with Gasteiger partial charge in [-0.05, 0) is 29.7 Å². The molecule has 0 aliphatic carbocycles. The standard InChI is InChI=1S/C13H19ClN2O/c1-13(2,3)9-17-11-6-4-10(5-7-11)16-12(15)8-14/h4-7H,8-9H2,1-3H3,(H2,15,16). The van der Waals surface area contributed by atoms with E-state index in [0.29, 0.717) is 12.4 Å². The van der Waals surface area contributed by atoms with Crippen LogP contribution in [-0.2, 0) is 0 Å². The van der Waals surface area contributed by atoms with Crippen LogP contribution in [0.25, 0.3) is 0 Å². The minimum absolute atomic E-state index is 0.153. The van der Waals surface area contributed by atoms with E-state index in [-0.39, 0.29) is 11.3 Å². The molecule has 0 saturated heterocycles. The Morgan fingerprint density at radius 2 is 1.88 bits per heavy atom. The molecule has 3 nitrogen and oxygen atoms in total. The summed E-state index contributed by atoms with van der Waals surface area (Å²) in [6, 6.07) is 7.48. The molecule has 0 unspecified atom stereocenters. The highest BCUT2D eigenvalue weighted by Gasteiger charge is 2.10. The van der Waals surface area contributed by atoms with E-state index in [1.807, 2.05) is 24.3 Å². The molecular weight excluding hydrogens is 236 g/mol. The van der Waals surface area contributed by atoms with Crippen LogP contribution < -0.4 is 10.5 Å². The van der Waals surface area contributed by atoms with Gasteiger partial charge in [-0.2, -0.15) is 0 Å². The van der Waals surface area contributed by atoms with Crippen LogP contribution in [0.15, 0.2) is 29.3 Å². The summed E-state index contributed by atoms with van der Waals surface area (Å²) in [5, 5.41) is 0. The number of hydrogen-bond acceptors (Lipinski definition) is 2. The van der Waals surface area contributed by atoms with Crippen molar-refractivity contribution in [1.82, 2.24) is 0 Å². The summed E-state index contributed by atoms with van der Waals surface area (Å²) in [6.45, 7) is 7.08. The van der Waals surface area contributed by atoms with E-state index in [1.54, 1.807) is 0 Å². The first-order valence-electron chi connectivity index (χ1n) is 5.52. The average molecular weight is 255 g/mol. The van der Waals surface area contributed by atoms with E-state index in [1.165, 1.54) is 0 Å². The highest BCUT2D eigenvalue weighted by atomic mass is 35.5. The summed E-state index contributed by atoms with van der Waals surface area (Å²) in [5.41, 5.74) is 6.48. The van der Waals surface area contributed by atoms with Crippen molar-refractivity contribution in [3.8, 4) is 5.75 Å². The van der Waals surface area contributed by atoms with Crippen molar-refractivity contribution in [2.45, 2.75) is 20.8 Å². The van der Waals surface area contributed by atoms with Crippen LogP contribution in [0, 0.1) is 5.41 Å². The van der Waals surface area contributed by atoms with E-state index in [4.69, 9.17) is 22.1 Å². The second kappa shape index (κ2) is 5.92. The Kier molecular flexibility index (Phi) is 4.82. The molecular formula is C13H19ClN2O. The zero-order valence-corrected chi connectivity index (χ0v) is 11.3. The molecule has 4 heteroatoms. The van der Waals surface area contributed by atoms with Crippen molar-refractivity contribution in [1.29, 1.82) is 0 Å². The molecule has 0 fully saturated rings. The third-order valence-electron chi connectivity index (χ3n) is 1.92. The second-order valence-electron chi connectivity index (χ2n) is 5.08. The summed E-state index contributed by atoms with van der Waals surface area (Å²) in [7, 11) is 0. The number of aliphatic imine (C=N–C) groups is 1. The minimum atomic E-state index is 0.153. The molecule has 0 aliphatic rings. The Morgan fingerprint density at radius 1 is 1.29 bits per heavy atom. The summed E-state index contributed by atoms with van der Waals surface area (Å²) < 4.78 is 5.65. The Labute approximate surface area is 108 Å². The first kappa shape index (κ1) is 13.8. The number of rotatable bonds is 4. The van der Waals surface area contributed by atoms with Crippen molar-refractivity contribution in [2.24, 2.45) is 16.1 Å². The summed E-state index contributed by atoms with van der Waals surface area (Å²) in [4.78, 5) is 4.13. The quantitative estimate of drug-likeness (QED) is 0.509. The van der Waals surface area contributed by atoms with E-state index in [2.05, 4.69) is 25.8 Å². The van der Waals surface area contributed by atoms with Crippen LogP contribution in [0.1, 0.15) is 20.8 Å². The zero-order valence-electron chi connectivity index (χ0n) is 10.5. The lowest BCUT2D eigenvalue weighted by Gasteiger charge is -2.18. The maximum Gasteiger partial charge on any atom is 0.119 e. The minimum Gasteiger partial charge on any atom is -0.493 e. The normalized spacial score (nSPS) is 12.6. The molecule has 0 amide bonds. The molecule has 1 aromatic rings. The Balaban J connectivity index is 2.62. The van der Waals surface area contributed by atoms with Gasteiger partial charge in [-0.3, -0.25) is 0 Å². The first-order chi connectivity index (χ1) is 7.90. The first-order valence-corrected chi connectivity index (χ1v) is 6.06. The molecule has 2 N–H and O–H groups in total. The summed E-state index contributed by atoms with van der Waals surface area (Å²) in [5.74, 6) is 1.49. The van der Waals surface area contributed by atoms with Crippen molar-refractivity contribution in [3.63, 3.8) is 0 Å². The monoisotopic (exact) mass is 254 g/mol. The predicted octanol–water partition coefficient (Wildman–Crippen LogP) is 3.34. The van der Waals surface area contributed by atoms with Crippen LogP contribution in [-0.4, -0.2) is 18.3 Å². The number of hydrogen-bond donors (Lipinski definition) is 1. The zero-order chi connectivity index (χ0) is 12.9. The van der Waals surface area contributed by atoms with Crippen molar-refractivity contribution < 1.29 is 4.74 Å². The summed E-state index contributed by atoms with van der Waals surface area (Å²) >= 11 is 5.55. The van der Waals surface area contributed by atoms with Gasteiger partial charge in [0.1, 0.15) is 11.6 Å². The van der Waals surface area contributed by atoms with Gasteiger partial charge in [0, 0.05) is 0 Å². The fraction of sp³-hybridized carbons (Fsp3) is 0.462. The van der Waals surface area contributed by atoms with Crippen LogP contribution >= 0.6 is 11.6 Å². The molecule has 0 radical (unpaired) electrons. The van der Waals surface area contributed by atoms with Crippen molar-refractivity contribution in [2.75, 3.05) is 12.5 Å². The average Bonchev–Trinajstić information content (AvgIpc) is 2.27. The third-order valence-corrected chi connectivity index (χ3v) is 2.19. The van der Waals surface area contributed by atoms with Crippen LogP contribution in [0.5, 0.6) is 5.75 Å². The molecule has 0 spiro atoms. The van der Waals surface area contributed by atoms with Gasteiger partial charge < -0.3 is 10.5 Å². The fourth-order valence-electron chi connectivity index (χ4n) is 1.11. The van der Waals surface area contributed by atoms with Crippen LogP contribution in [0.4, 0.5) is 5.69 Å². The number of halogens is 1. The molecule has 0 atom stereocenters. The van der Waals surface area contributed by atoms with Gasteiger partial charge in [0.2, 0.25) is 0 Å². The lowest BCUT2D eigenvalue weighted by Crippen LogP contribution is -2.16. The van der Waals surface area contributed by atoms with Gasteiger partial charge in [-0.25, -0.2) is 4.99 Å². The van der Waals surface area contributed by atoms with Gasteiger partial charge in [0.15, 0.2) is 0 Å². The van der Waals surface area contributed by atoms with Gasteiger partial charge >= 0.3 is 0 Å². The maximum absolute atomic E-state index is 5.65. The number of nitrogens with two attached hydrogens (primary N) is 1. The third kappa shape index (κ3) is 5.59. The molecule has 1 aromatic carbocycles. The Hall–Kier alpha value is -1.22. The predicted molar refractivity (Wildman–Crippen MR) is 73.4 cm³/mol. The highest BCUT2D eigenvalue weighted by molar-refractivity contribution is 6.28. The Morgan fingerprint density at radius 3 is 2.35 bits per heavy atom. The number of ether oxygens (including phenoxy) is 1. The summed E-state index contributed by atoms with van der Waals surface area (Å²) in [6.07, 6.45) is 0. The van der Waals surface area contributed by atoms with Gasteiger partial charge in [0.05, 0.1) is 18.2 Å². The number of benzene rings is 1.